The number of oxazole rings is 1. The van der Waals surface area contributed by atoms with Gasteiger partial charge in [-0.1, -0.05) is 0 Å². The summed E-state index contributed by atoms with van der Waals surface area (Å²) in [7, 11) is 2.11. The zero-order chi connectivity index (χ0) is 14.1. The first kappa shape index (κ1) is 12.9. The number of nitro groups is 1. The number of hydrogen-bond acceptors (Lipinski definition) is 6. The maximum absolute atomic E-state index is 10.7. The van der Waals surface area contributed by atoms with Gasteiger partial charge < -0.3 is 14.6 Å². The molecular weight excluding hydrogens is 260 g/mol. The number of likely N-dealkylation sites (tertiary alicyclic amines) is 1. The number of nitro benzene ring substituents is 1. The van der Waals surface area contributed by atoms with Crippen molar-refractivity contribution < 1.29 is 9.34 Å². The van der Waals surface area contributed by atoms with Crippen molar-refractivity contribution in [3.05, 3.63) is 28.3 Å². The summed E-state index contributed by atoms with van der Waals surface area (Å²) in [4.78, 5) is 16.9. The summed E-state index contributed by atoms with van der Waals surface area (Å²) in [5.41, 5.74) is 1.06. The van der Waals surface area contributed by atoms with Gasteiger partial charge >= 0.3 is 0 Å². The second-order valence-electron chi connectivity index (χ2n) is 5.09. The molecule has 7 heteroatoms. The molecule has 20 heavy (non-hydrogen) atoms. The average molecular weight is 276 g/mol. The number of likely N-dealkylation sites (N-methyl/N-ethyl adjacent to an activating group) is 1. The van der Waals surface area contributed by atoms with Gasteiger partial charge in [0.25, 0.3) is 11.7 Å². The van der Waals surface area contributed by atoms with Crippen LogP contribution < -0.4 is 5.32 Å². The lowest BCUT2D eigenvalue weighted by Gasteiger charge is -2.18. The molecule has 7 nitrogen and oxygen atoms in total. The lowest BCUT2D eigenvalue weighted by atomic mass is 10.2. The van der Waals surface area contributed by atoms with Gasteiger partial charge in [-0.25, -0.2) is 0 Å². The third kappa shape index (κ3) is 2.44. The summed E-state index contributed by atoms with van der Waals surface area (Å²) in [6.07, 6.45) is 2.37. The second kappa shape index (κ2) is 5.09. The maximum Gasteiger partial charge on any atom is 0.295 e. The highest BCUT2D eigenvalue weighted by Gasteiger charge is 2.21. The van der Waals surface area contributed by atoms with Crippen molar-refractivity contribution in [2.45, 2.75) is 18.9 Å². The molecule has 1 N–H and O–H groups in total. The Hall–Kier alpha value is -2.15. The fourth-order valence-electron chi connectivity index (χ4n) is 2.54. The lowest BCUT2D eigenvalue weighted by molar-refractivity contribution is -0.384. The Morgan fingerprint density at radius 1 is 1.60 bits per heavy atom. The molecule has 0 radical (unpaired) electrons. The molecule has 0 amide bonds. The Balaban J connectivity index is 1.74. The van der Waals surface area contributed by atoms with E-state index in [4.69, 9.17) is 4.42 Å². The molecule has 1 aliphatic rings. The Morgan fingerprint density at radius 2 is 2.45 bits per heavy atom. The molecule has 1 saturated heterocycles. The van der Waals surface area contributed by atoms with Gasteiger partial charge in [-0.15, -0.1) is 0 Å². The largest absolute Gasteiger partial charge is 0.423 e. The lowest BCUT2D eigenvalue weighted by Crippen LogP contribution is -2.31. The van der Waals surface area contributed by atoms with Crippen LogP contribution in [0.3, 0.4) is 0 Å². The monoisotopic (exact) mass is 276 g/mol. The smallest absolute Gasteiger partial charge is 0.295 e. The molecule has 0 aliphatic carbocycles. The molecule has 1 unspecified atom stereocenters. The number of rotatable bonds is 4. The summed E-state index contributed by atoms with van der Waals surface area (Å²) < 4.78 is 5.51. The van der Waals surface area contributed by atoms with Crippen LogP contribution in [0, 0.1) is 10.1 Å². The predicted molar refractivity (Wildman–Crippen MR) is 74.8 cm³/mol. The number of nitrogens with zero attached hydrogens (tertiary/aromatic N) is 3. The first-order valence-corrected chi connectivity index (χ1v) is 6.62. The first-order valence-electron chi connectivity index (χ1n) is 6.62. The van der Waals surface area contributed by atoms with Crippen LogP contribution in [-0.2, 0) is 0 Å². The number of nitrogens with one attached hydrogen (secondary N) is 1. The summed E-state index contributed by atoms with van der Waals surface area (Å²) in [5, 5.41) is 13.9. The van der Waals surface area contributed by atoms with Gasteiger partial charge in [0.1, 0.15) is 5.52 Å². The van der Waals surface area contributed by atoms with Crippen LogP contribution in [0.2, 0.25) is 0 Å². The second-order valence-corrected chi connectivity index (χ2v) is 5.09. The standard InChI is InChI=1S/C13H16N4O3/c1-16-6-2-3-10(16)8-14-13-15-11-5-4-9(17(18)19)7-12(11)20-13/h4-5,7,10H,2-3,6,8H2,1H3,(H,14,15). The van der Waals surface area contributed by atoms with Crippen molar-refractivity contribution in [2.24, 2.45) is 0 Å². The van der Waals surface area contributed by atoms with Crippen molar-refractivity contribution in [1.82, 2.24) is 9.88 Å². The van der Waals surface area contributed by atoms with E-state index in [9.17, 15) is 10.1 Å². The van der Waals surface area contributed by atoms with Crippen LogP contribution >= 0.6 is 0 Å². The molecule has 0 saturated carbocycles. The minimum absolute atomic E-state index is 0.00993. The van der Waals surface area contributed by atoms with Gasteiger partial charge in [-0.05, 0) is 32.5 Å². The van der Waals surface area contributed by atoms with Crippen molar-refractivity contribution >= 4 is 22.8 Å². The van der Waals surface area contributed by atoms with E-state index in [2.05, 4.69) is 22.2 Å². The fraction of sp³-hybridized carbons (Fsp3) is 0.462. The maximum atomic E-state index is 10.7. The summed E-state index contributed by atoms with van der Waals surface area (Å²) in [5.74, 6) is 0. The molecule has 2 aromatic rings. The number of benzene rings is 1. The van der Waals surface area contributed by atoms with Crippen LogP contribution in [0.15, 0.2) is 22.6 Å². The SMILES string of the molecule is CN1CCCC1CNc1nc2ccc([N+](=O)[O-])cc2o1. The molecule has 1 atom stereocenters. The van der Waals surface area contributed by atoms with E-state index in [1.54, 1.807) is 6.07 Å². The molecule has 106 valence electrons. The Bertz CT molecular complexity index is 640. The fourth-order valence-corrected chi connectivity index (χ4v) is 2.54. The van der Waals surface area contributed by atoms with E-state index < -0.39 is 4.92 Å². The van der Waals surface area contributed by atoms with Crippen LogP contribution in [0.25, 0.3) is 11.1 Å². The van der Waals surface area contributed by atoms with E-state index in [0.717, 1.165) is 19.5 Å². The van der Waals surface area contributed by atoms with Gasteiger partial charge in [0.2, 0.25) is 0 Å². The summed E-state index contributed by atoms with van der Waals surface area (Å²) in [6.45, 7) is 1.89. The van der Waals surface area contributed by atoms with Gasteiger partial charge in [0, 0.05) is 18.7 Å². The van der Waals surface area contributed by atoms with Crippen molar-refractivity contribution in [1.29, 1.82) is 0 Å². The molecule has 0 bridgehead atoms. The molecule has 1 fully saturated rings. The third-order valence-corrected chi connectivity index (χ3v) is 3.74. The number of hydrogen-bond donors (Lipinski definition) is 1. The van der Waals surface area contributed by atoms with Crippen LogP contribution in [0.4, 0.5) is 11.7 Å². The van der Waals surface area contributed by atoms with Crippen molar-refractivity contribution in [3.63, 3.8) is 0 Å². The van der Waals surface area contributed by atoms with E-state index in [1.165, 1.54) is 18.6 Å². The quantitative estimate of drug-likeness (QED) is 0.681. The van der Waals surface area contributed by atoms with Gasteiger partial charge in [-0.2, -0.15) is 4.98 Å². The summed E-state index contributed by atoms with van der Waals surface area (Å²) in [6, 6.07) is 5.33. The van der Waals surface area contributed by atoms with E-state index in [0.29, 0.717) is 23.2 Å². The highest BCUT2D eigenvalue weighted by molar-refractivity contribution is 5.77. The molecule has 1 aliphatic heterocycles. The van der Waals surface area contributed by atoms with Gasteiger partial charge in [0.15, 0.2) is 5.58 Å². The minimum atomic E-state index is -0.442. The van der Waals surface area contributed by atoms with E-state index >= 15 is 0 Å². The van der Waals surface area contributed by atoms with Crippen LogP contribution in [-0.4, -0.2) is 41.0 Å². The predicted octanol–water partition coefficient (Wildman–Crippen LogP) is 2.24. The van der Waals surface area contributed by atoms with E-state index in [-0.39, 0.29) is 5.69 Å². The zero-order valence-electron chi connectivity index (χ0n) is 11.2. The Labute approximate surface area is 115 Å². The average Bonchev–Trinajstić information content (AvgIpc) is 3.00. The molecular formula is C13H16N4O3. The van der Waals surface area contributed by atoms with Crippen LogP contribution in [0.1, 0.15) is 12.8 Å². The Morgan fingerprint density at radius 3 is 3.15 bits per heavy atom. The van der Waals surface area contributed by atoms with Gasteiger partial charge in [0.05, 0.1) is 11.0 Å². The third-order valence-electron chi connectivity index (χ3n) is 3.74. The molecule has 2 heterocycles. The zero-order valence-corrected chi connectivity index (χ0v) is 11.2. The first-order chi connectivity index (χ1) is 9.63. The molecule has 0 spiro atoms. The topological polar surface area (TPSA) is 84.4 Å². The number of anilines is 1. The molecule has 1 aromatic carbocycles. The highest BCUT2D eigenvalue weighted by atomic mass is 16.6. The summed E-state index contributed by atoms with van der Waals surface area (Å²) >= 11 is 0. The molecule has 1 aromatic heterocycles. The van der Waals surface area contributed by atoms with E-state index in [1.807, 2.05) is 0 Å². The minimum Gasteiger partial charge on any atom is -0.423 e. The number of fused-ring (bicyclic) bond motifs is 1. The van der Waals surface area contributed by atoms with Crippen LogP contribution in [0.5, 0.6) is 0 Å². The van der Waals surface area contributed by atoms with Gasteiger partial charge in [-0.3, -0.25) is 10.1 Å². The highest BCUT2D eigenvalue weighted by Crippen LogP contribution is 2.24. The Kier molecular flexibility index (Phi) is 3.27. The normalized spacial score (nSPS) is 19.6. The number of aromatic nitrogens is 1. The number of non-ortho nitro benzene ring substituents is 1. The van der Waals surface area contributed by atoms with Crippen molar-refractivity contribution in [2.75, 3.05) is 25.5 Å². The van der Waals surface area contributed by atoms with Crippen molar-refractivity contribution in [3.8, 4) is 0 Å². The molecule has 3 rings (SSSR count).